The minimum atomic E-state index is 0.146. The fourth-order valence-corrected chi connectivity index (χ4v) is 2.27. The third kappa shape index (κ3) is 3.56. The molecule has 1 rings (SSSR count). The molecule has 17 heavy (non-hydrogen) atoms. The van der Waals surface area contributed by atoms with Crippen molar-refractivity contribution in [3.8, 4) is 0 Å². The summed E-state index contributed by atoms with van der Waals surface area (Å²) >= 11 is 3.40. The zero-order chi connectivity index (χ0) is 12.8. The molecule has 0 aliphatic heterocycles. The molecule has 1 aromatic carbocycles. The average molecular weight is 298 g/mol. The maximum Gasteiger partial charge on any atom is 0.254 e. The molecule has 0 aliphatic carbocycles. The van der Waals surface area contributed by atoms with E-state index in [0.29, 0.717) is 0 Å². The molecule has 0 atom stereocenters. The van der Waals surface area contributed by atoms with Crippen molar-refractivity contribution >= 4 is 21.8 Å². The number of halogens is 1. The molecular weight excluding hydrogens is 278 g/mol. The third-order valence-corrected chi connectivity index (χ3v) is 3.32. The monoisotopic (exact) mass is 297 g/mol. The van der Waals surface area contributed by atoms with Gasteiger partial charge in [-0.05, 0) is 37.5 Å². The van der Waals surface area contributed by atoms with Crippen molar-refractivity contribution in [3.63, 3.8) is 0 Å². The molecule has 0 unspecified atom stereocenters. The van der Waals surface area contributed by atoms with E-state index in [1.807, 2.05) is 36.9 Å². The Labute approximate surface area is 112 Å². The standard InChI is InChI=1S/C14H20BrNO/c1-4-9-16(10-8-15)14(17)13-7-5-6-11(2)12(13)3/h5-7H,4,8-10H2,1-3H3. The van der Waals surface area contributed by atoms with Crippen LogP contribution in [-0.4, -0.2) is 29.2 Å². The van der Waals surface area contributed by atoms with Gasteiger partial charge in [0.2, 0.25) is 0 Å². The van der Waals surface area contributed by atoms with E-state index in [9.17, 15) is 4.79 Å². The summed E-state index contributed by atoms with van der Waals surface area (Å²) in [5.41, 5.74) is 3.10. The van der Waals surface area contributed by atoms with Gasteiger partial charge in [0.25, 0.3) is 5.91 Å². The predicted molar refractivity (Wildman–Crippen MR) is 75.9 cm³/mol. The first-order valence-corrected chi connectivity index (χ1v) is 7.15. The zero-order valence-corrected chi connectivity index (χ0v) is 12.4. The highest BCUT2D eigenvalue weighted by molar-refractivity contribution is 9.09. The topological polar surface area (TPSA) is 20.3 Å². The van der Waals surface area contributed by atoms with Crippen LogP contribution in [0.1, 0.15) is 34.8 Å². The molecule has 0 heterocycles. The molecule has 0 bridgehead atoms. The molecule has 0 N–H and O–H groups in total. The van der Waals surface area contributed by atoms with E-state index in [2.05, 4.69) is 22.9 Å². The molecule has 3 heteroatoms. The van der Waals surface area contributed by atoms with Crippen molar-refractivity contribution in [2.45, 2.75) is 27.2 Å². The number of alkyl halides is 1. The highest BCUT2D eigenvalue weighted by Crippen LogP contribution is 2.15. The molecule has 0 saturated heterocycles. The molecule has 0 saturated carbocycles. The van der Waals surface area contributed by atoms with Crippen LogP contribution in [0, 0.1) is 13.8 Å². The number of hydrogen-bond donors (Lipinski definition) is 0. The van der Waals surface area contributed by atoms with Crippen LogP contribution in [0.3, 0.4) is 0 Å². The van der Waals surface area contributed by atoms with E-state index < -0.39 is 0 Å². The Bertz CT molecular complexity index is 384. The lowest BCUT2D eigenvalue weighted by molar-refractivity contribution is 0.0765. The maximum absolute atomic E-state index is 12.4. The second-order valence-electron chi connectivity index (χ2n) is 4.23. The third-order valence-electron chi connectivity index (χ3n) is 2.97. The Morgan fingerprint density at radius 1 is 1.29 bits per heavy atom. The lowest BCUT2D eigenvalue weighted by Crippen LogP contribution is -2.33. The number of rotatable bonds is 5. The summed E-state index contributed by atoms with van der Waals surface area (Å²) in [6, 6.07) is 5.91. The Morgan fingerprint density at radius 2 is 2.00 bits per heavy atom. The van der Waals surface area contributed by atoms with Crippen molar-refractivity contribution in [1.29, 1.82) is 0 Å². The van der Waals surface area contributed by atoms with E-state index >= 15 is 0 Å². The number of hydrogen-bond acceptors (Lipinski definition) is 1. The van der Waals surface area contributed by atoms with Crippen LogP contribution in [0.25, 0.3) is 0 Å². The Balaban J connectivity index is 2.96. The second-order valence-corrected chi connectivity index (χ2v) is 5.02. The molecule has 0 spiro atoms. The maximum atomic E-state index is 12.4. The number of benzene rings is 1. The van der Waals surface area contributed by atoms with Crippen molar-refractivity contribution in [1.82, 2.24) is 4.90 Å². The summed E-state index contributed by atoms with van der Waals surface area (Å²) < 4.78 is 0. The summed E-state index contributed by atoms with van der Waals surface area (Å²) in [5.74, 6) is 0.146. The number of aryl methyl sites for hydroxylation is 1. The highest BCUT2D eigenvalue weighted by atomic mass is 79.9. The second kappa shape index (κ2) is 6.80. The van der Waals surface area contributed by atoms with Crippen LogP contribution in [0.15, 0.2) is 18.2 Å². The van der Waals surface area contributed by atoms with Gasteiger partial charge in [0.15, 0.2) is 0 Å². The Hall–Kier alpha value is -0.830. The molecule has 1 amide bonds. The summed E-state index contributed by atoms with van der Waals surface area (Å²) in [7, 11) is 0. The fraction of sp³-hybridized carbons (Fsp3) is 0.500. The van der Waals surface area contributed by atoms with Gasteiger partial charge in [-0.2, -0.15) is 0 Å². The molecule has 0 aliphatic rings. The minimum absolute atomic E-state index is 0.146. The van der Waals surface area contributed by atoms with E-state index in [0.717, 1.165) is 36.0 Å². The van der Waals surface area contributed by atoms with Crippen molar-refractivity contribution in [2.75, 3.05) is 18.4 Å². The largest absolute Gasteiger partial charge is 0.338 e. The lowest BCUT2D eigenvalue weighted by atomic mass is 10.0. The highest BCUT2D eigenvalue weighted by Gasteiger charge is 2.16. The van der Waals surface area contributed by atoms with E-state index in [4.69, 9.17) is 0 Å². The molecule has 2 nitrogen and oxygen atoms in total. The molecule has 94 valence electrons. The Morgan fingerprint density at radius 3 is 2.59 bits per heavy atom. The quantitative estimate of drug-likeness (QED) is 0.761. The summed E-state index contributed by atoms with van der Waals surface area (Å²) in [6.07, 6.45) is 0.990. The molecule has 0 fully saturated rings. The molecular formula is C14H20BrNO. The SMILES string of the molecule is CCCN(CCBr)C(=O)c1cccc(C)c1C. The number of carbonyl (C=O) groups excluding carboxylic acids is 1. The molecule has 0 radical (unpaired) electrons. The number of carbonyl (C=O) groups is 1. The summed E-state index contributed by atoms with van der Waals surface area (Å²) in [4.78, 5) is 14.3. The number of nitrogens with zero attached hydrogens (tertiary/aromatic N) is 1. The Kier molecular flexibility index (Phi) is 5.69. The van der Waals surface area contributed by atoms with Gasteiger partial charge in [-0.25, -0.2) is 0 Å². The van der Waals surface area contributed by atoms with Crippen LogP contribution in [0.4, 0.5) is 0 Å². The first-order chi connectivity index (χ1) is 8.11. The van der Waals surface area contributed by atoms with Gasteiger partial charge in [0, 0.05) is 24.0 Å². The van der Waals surface area contributed by atoms with Gasteiger partial charge in [-0.1, -0.05) is 35.0 Å². The normalized spacial score (nSPS) is 10.4. The van der Waals surface area contributed by atoms with Crippen molar-refractivity contribution in [3.05, 3.63) is 34.9 Å². The first-order valence-electron chi connectivity index (χ1n) is 6.03. The predicted octanol–water partition coefficient (Wildman–Crippen LogP) is 3.55. The average Bonchev–Trinajstić information content (AvgIpc) is 2.31. The van der Waals surface area contributed by atoms with E-state index in [1.165, 1.54) is 5.56 Å². The van der Waals surface area contributed by atoms with Crippen LogP contribution >= 0.6 is 15.9 Å². The molecule has 1 aromatic rings. The van der Waals surface area contributed by atoms with Gasteiger partial charge in [0.1, 0.15) is 0 Å². The van der Waals surface area contributed by atoms with Gasteiger partial charge >= 0.3 is 0 Å². The fourth-order valence-electron chi connectivity index (χ4n) is 1.84. The number of amides is 1. The smallest absolute Gasteiger partial charge is 0.254 e. The van der Waals surface area contributed by atoms with Crippen LogP contribution < -0.4 is 0 Å². The summed E-state index contributed by atoms with van der Waals surface area (Å²) in [6.45, 7) is 7.73. The van der Waals surface area contributed by atoms with Crippen LogP contribution in [0.5, 0.6) is 0 Å². The van der Waals surface area contributed by atoms with Gasteiger partial charge < -0.3 is 4.90 Å². The van der Waals surface area contributed by atoms with E-state index in [-0.39, 0.29) is 5.91 Å². The van der Waals surface area contributed by atoms with Crippen LogP contribution in [-0.2, 0) is 0 Å². The van der Waals surface area contributed by atoms with Gasteiger partial charge in [0.05, 0.1) is 0 Å². The molecule has 0 aromatic heterocycles. The van der Waals surface area contributed by atoms with E-state index in [1.54, 1.807) is 0 Å². The summed E-state index contributed by atoms with van der Waals surface area (Å²) in [5, 5.41) is 0.823. The first kappa shape index (κ1) is 14.2. The minimum Gasteiger partial charge on any atom is -0.338 e. The van der Waals surface area contributed by atoms with Gasteiger partial charge in [-0.15, -0.1) is 0 Å². The van der Waals surface area contributed by atoms with Gasteiger partial charge in [-0.3, -0.25) is 4.79 Å². The lowest BCUT2D eigenvalue weighted by Gasteiger charge is -2.22. The van der Waals surface area contributed by atoms with Crippen molar-refractivity contribution in [2.24, 2.45) is 0 Å². The van der Waals surface area contributed by atoms with Crippen LogP contribution in [0.2, 0.25) is 0 Å². The van der Waals surface area contributed by atoms with Crippen molar-refractivity contribution < 1.29 is 4.79 Å². The zero-order valence-electron chi connectivity index (χ0n) is 10.8.